The third-order valence-electron chi connectivity index (χ3n) is 3.30. The number of nitrogens with one attached hydrogen (secondary N) is 1. The molecule has 0 aliphatic carbocycles. The molecule has 0 saturated carbocycles. The molecule has 132 valence electrons. The van der Waals surface area contributed by atoms with Gasteiger partial charge in [-0.05, 0) is 12.1 Å². The summed E-state index contributed by atoms with van der Waals surface area (Å²) < 4.78 is 41.5. The van der Waals surface area contributed by atoms with Crippen molar-refractivity contribution in [2.24, 2.45) is 0 Å². The Morgan fingerprint density at radius 1 is 1.04 bits per heavy atom. The molecule has 0 saturated heterocycles. The number of methoxy groups -OCH3 is 2. The standard InChI is InChI=1S/C16H15NO7S/c1-23-15(18)9-13(16(19)24-2)17-12-7-3-6-11-10(12)5-4-8-14(11)25(20,21)22/h3-9,17H,1-2H3,(H,20,21,22)/b13-9+. The molecule has 0 unspecified atom stereocenters. The Bertz CT molecular complexity index is 964. The number of carbonyl (C=O) groups excluding carboxylic acids is 2. The number of rotatable bonds is 5. The molecule has 0 bridgehead atoms. The Labute approximate surface area is 143 Å². The van der Waals surface area contributed by atoms with Gasteiger partial charge in [-0.2, -0.15) is 8.42 Å². The van der Waals surface area contributed by atoms with Gasteiger partial charge in [-0.3, -0.25) is 4.55 Å². The quantitative estimate of drug-likeness (QED) is 0.467. The van der Waals surface area contributed by atoms with Crippen molar-refractivity contribution >= 4 is 38.5 Å². The van der Waals surface area contributed by atoms with Gasteiger partial charge >= 0.3 is 11.9 Å². The van der Waals surface area contributed by atoms with Crippen LogP contribution < -0.4 is 5.32 Å². The molecule has 25 heavy (non-hydrogen) atoms. The lowest BCUT2D eigenvalue weighted by Crippen LogP contribution is -2.15. The number of hydrogen-bond donors (Lipinski definition) is 2. The highest BCUT2D eigenvalue weighted by Gasteiger charge is 2.17. The van der Waals surface area contributed by atoms with Gasteiger partial charge in [0.1, 0.15) is 10.6 Å². The second kappa shape index (κ2) is 7.32. The second-order valence-electron chi connectivity index (χ2n) is 4.83. The topological polar surface area (TPSA) is 119 Å². The first-order valence-corrected chi connectivity index (χ1v) is 8.36. The van der Waals surface area contributed by atoms with Gasteiger partial charge < -0.3 is 14.8 Å². The molecule has 8 nitrogen and oxygen atoms in total. The van der Waals surface area contributed by atoms with E-state index in [1.165, 1.54) is 24.3 Å². The summed E-state index contributed by atoms with van der Waals surface area (Å²) in [7, 11) is -2.12. The van der Waals surface area contributed by atoms with Crippen molar-refractivity contribution < 1.29 is 32.0 Å². The van der Waals surface area contributed by atoms with E-state index in [1.54, 1.807) is 12.1 Å². The Hall–Kier alpha value is -2.91. The van der Waals surface area contributed by atoms with Gasteiger partial charge in [0.25, 0.3) is 10.1 Å². The summed E-state index contributed by atoms with van der Waals surface area (Å²) in [6.07, 6.45) is 0.914. The average molecular weight is 365 g/mol. The molecule has 0 amide bonds. The molecule has 0 aliphatic heterocycles. The molecular weight excluding hydrogens is 350 g/mol. The summed E-state index contributed by atoms with van der Waals surface area (Å²) in [5.41, 5.74) is 0.141. The zero-order chi connectivity index (χ0) is 18.6. The molecule has 2 rings (SSSR count). The highest BCUT2D eigenvalue weighted by atomic mass is 32.2. The maximum absolute atomic E-state index is 11.8. The van der Waals surface area contributed by atoms with Crippen LogP contribution in [0.2, 0.25) is 0 Å². The van der Waals surface area contributed by atoms with Crippen molar-refractivity contribution in [1.82, 2.24) is 0 Å². The number of carbonyl (C=O) groups is 2. The number of esters is 2. The van der Waals surface area contributed by atoms with E-state index in [4.69, 9.17) is 0 Å². The lowest BCUT2D eigenvalue weighted by Gasteiger charge is -2.12. The predicted molar refractivity (Wildman–Crippen MR) is 89.5 cm³/mol. The number of ether oxygens (including phenoxy) is 2. The lowest BCUT2D eigenvalue weighted by atomic mass is 10.1. The SMILES string of the molecule is COC(=O)/C=C(/Nc1cccc2c(S(=O)(=O)O)cccc12)C(=O)OC. The maximum Gasteiger partial charge on any atom is 0.354 e. The molecule has 9 heteroatoms. The van der Waals surface area contributed by atoms with E-state index in [-0.39, 0.29) is 16.0 Å². The van der Waals surface area contributed by atoms with Crippen LogP contribution in [-0.2, 0) is 29.2 Å². The number of hydrogen-bond acceptors (Lipinski definition) is 7. The van der Waals surface area contributed by atoms with Crippen LogP contribution in [0.5, 0.6) is 0 Å². The molecule has 0 heterocycles. The minimum atomic E-state index is -4.43. The van der Waals surface area contributed by atoms with Crippen LogP contribution in [0.3, 0.4) is 0 Å². The van der Waals surface area contributed by atoms with Crippen LogP contribution in [0.15, 0.2) is 53.1 Å². The molecule has 2 aromatic carbocycles. The second-order valence-corrected chi connectivity index (χ2v) is 6.22. The van der Waals surface area contributed by atoms with Gasteiger partial charge in [0, 0.05) is 16.5 Å². The van der Waals surface area contributed by atoms with Crippen LogP contribution in [0.25, 0.3) is 10.8 Å². The van der Waals surface area contributed by atoms with Crippen LogP contribution in [0.4, 0.5) is 5.69 Å². The summed E-state index contributed by atoms with van der Waals surface area (Å²) in [5, 5.41) is 3.39. The van der Waals surface area contributed by atoms with Crippen molar-refractivity contribution in [2.45, 2.75) is 4.90 Å². The minimum absolute atomic E-state index is 0.195. The predicted octanol–water partition coefficient (Wildman–Crippen LogP) is 1.73. The van der Waals surface area contributed by atoms with Crippen LogP contribution >= 0.6 is 0 Å². The summed E-state index contributed by atoms with van der Waals surface area (Å²) in [5.74, 6) is -1.58. The van der Waals surface area contributed by atoms with Gasteiger partial charge in [0.05, 0.1) is 20.3 Å². The van der Waals surface area contributed by atoms with Gasteiger partial charge in [-0.1, -0.05) is 24.3 Å². The number of benzene rings is 2. The van der Waals surface area contributed by atoms with E-state index >= 15 is 0 Å². The highest BCUT2D eigenvalue weighted by Crippen LogP contribution is 2.29. The van der Waals surface area contributed by atoms with Crippen molar-refractivity contribution in [3.63, 3.8) is 0 Å². The lowest BCUT2D eigenvalue weighted by molar-refractivity contribution is -0.138. The first-order chi connectivity index (χ1) is 11.8. The molecule has 0 radical (unpaired) electrons. The van der Waals surface area contributed by atoms with E-state index in [9.17, 15) is 22.6 Å². The molecule has 0 aliphatic rings. The molecule has 2 N–H and O–H groups in total. The van der Waals surface area contributed by atoms with Crippen LogP contribution in [0.1, 0.15) is 0 Å². The highest BCUT2D eigenvalue weighted by molar-refractivity contribution is 7.86. The number of anilines is 1. The molecular formula is C16H15NO7S. The van der Waals surface area contributed by atoms with Gasteiger partial charge in [-0.25, -0.2) is 9.59 Å². The molecule has 0 spiro atoms. The van der Waals surface area contributed by atoms with Crippen molar-refractivity contribution in [3.05, 3.63) is 48.2 Å². The van der Waals surface area contributed by atoms with Crippen molar-refractivity contribution in [1.29, 1.82) is 0 Å². The fourth-order valence-electron chi connectivity index (χ4n) is 2.19. The van der Waals surface area contributed by atoms with Crippen molar-refractivity contribution in [2.75, 3.05) is 19.5 Å². The van der Waals surface area contributed by atoms with Crippen molar-refractivity contribution in [3.8, 4) is 0 Å². The zero-order valence-corrected chi connectivity index (χ0v) is 14.2. The van der Waals surface area contributed by atoms with Gasteiger partial charge in [-0.15, -0.1) is 0 Å². The third-order valence-corrected chi connectivity index (χ3v) is 4.21. The summed E-state index contributed by atoms with van der Waals surface area (Å²) in [6, 6.07) is 8.91. The monoisotopic (exact) mass is 365 g/mol. The largest absolute Gasteiger partial charge is 0.466 e. The van der Waals surface area contributed by atoms with E-state index in [0.29, 0.717) is 11.1 Å². The van der Waals surface area contributed by atoms with Gasteiger partial charge in [0.15, 0.2) is 0 Å². The van der Waals surface area contributed by atoms with Gasteiger partial charge in [0.2, 0.25) is 0 Å². The molecule has 0 atom stereocenters. The Kier molecular flexibility index (Phi) is 5.40. The fourth-order valence-corrected chi connectivity index (χ4v) is 2.90. The summed E-state index contributed by atoms with van der Waals surface area (Å²) in [4.78, 5) is 23.0. The van der Waals surface area contributed by atoms with Crippen LogP contribution in [-0.4, -0.2) is 39.1 Å². The first-order valence-electron chi connectivity index (χ1n) is 6.92. The Balaban J connectivity index is 2.59. The maximum atomic E-state index is 11.8. The molecule has 2 aromatic rings. The fraction of sp³-hybridized carbons (Fsp3) is 0.125. The summed E-state index contributed by atoms with van der Waals surface area (Å²) in [6.45, 7) is 0. The average Bonchev–Trinajstić information content (AvgIpc) is 2.59. The number of fused-ring (bicyclic) bond motifs is 1. The smallest absolute Gasteiger partial charge is 0.354 e. The van der Waals surface area contributed by atoms with E-state index in [1.807, 2.05) is 0 Å². The van der Waals surface area contributed by atoms with E-state index < -0.39 is 22.1 Å². The normalized spacial score (nSPS) is 11.9. The summed E-state index contributed by atoms with van der Waals surface area (Å²) >= 11 is 0. The first kappa shape index (κ1) is 18.4. The van der Waals surface area contributed by atoms with Crippen LogP contribution in [0, 0.1) is 0 Å². The minimum Gasteiger partial charge on any atom is -0.466 e. The zero-order valence-electron chi connectivity index (χ0n) is 13.3. The molecule has 0 aromatic heterocycles. The Morgan fingerprint density at radius 2 is 1.68 bits per heavy atom. The van der Waals surface area contributed by atoms with E-state index in [0.717, 1.165) is 20.3 Å². The Morgan fingerprint density at radius 3 is 2.28 bits per heavy atom. The van der Waals surface area contributed by atoms with E-state index in [2.05, 4.69) is 14.8 Å². The third kappa shape index (κ3) is 4.14. The molecule has 0 fully saturated rings.